The van der Waals surface area contributed by atoms with E-state index in [1.165, 1.54) is 0 Å². The molecule has 1 radical (unpaired) electrons. The summed E-state index contributed by atoms with van der Waals surface area (Å²) in [7, 11) is 0. The maximum atomic E-state index is 6.22. The topological polar surface area (TPSA) is 49.9 Å². The molecule has 0 heterocycles. The minimum absolute atomic E-state index is 0.0417. The first-order valence-corrected chi connectivity index (χ1v) is 1.60. The fourth-order valence-corrected chi connectivity index (χ4v) is 0. The fraction of sp³-hybridized carbons (Fsp3) is 0. The number of rotatable bonds is 0. The van der Waals surface area contributed by atoms with Crippen molar-refractivity contribution in [2.75, 3.05) is 0 Å². The molecule has 0 saturated carbocycles. The Morgan fingerprint density at radius 3 is 2.00 bits per heavy atom. The van der Waals surface area contributed by atoms with E-state index in [-0.39, 0.29) is 4.73 Å². The predicted molar refractivity (Wildman–Crippen MR) is 17.7 cm³/mol. The summed E-state index contributed by atoms with van der Waals surface area (Å²) in [4.78, 5) is 0. The van der Waals surface area contributed by atoms with Crippen molar-refractivity contribution in [2.24, 2.45) is 5.73 Å². The number of hydrogen-bond donors (Lipinski definition) is 2. The summed E-state index contributed by atoms with van der Waals surface area (Å²) in [5, 5.41) is 6.22. The number of amidine groups is 1. The Hall–Kier alpha value is -0.0105. The van der Waals surface area contributed by atoms with Crippen LogP contribution in [0.5, 0.6) is 0 Å². The fourth-order valence-electron chi connectivity index (χ4n) is 0. The van der Waals surface area contributed by atoms with Crippen molar-refractivity contribution in [3.05, 3.63) is 0 Å². The van der Waals surface area contributed by atoms with E-state index in [4.69, 9.17) is 5.41 Å². The van der Waals surface area contributed by atoms with Crippen LogP contribution in [-0.2, 0) is 0 Å². The Bertz CT molecular complexity index is 29.0. The second-order valence-corrected chi connectivity index (χ2v) is 1.29. The van der Waals surface area contributed by atoms with Crippen molar-refractivity contribution < 1.29 is 0 Å². The molecule has 0 bridgehead atoms. The molecule has 0 fully saturated rings. The van der Waals surface area contributed by atoms with Crippen LogP contribution in [0.1, 0.15) is 0 Å². The summed E-state index contributed by atoms with van der Waals surface area (Å²) < 4.78 is 0.0417. The number of nitrogens with two attached hydrogens (primary N) is 1. The zero-order chi connectivity index (χ0) is 3.58. The standard InChI is InChI=1S/CH3N2Se/c2-1(3)4/h(H3,2,3)/i1+1,2+1. The molecule has 3 N–H and O–H groups in total. The van der Waals surface area contributed by atoms with Gasteiger partial charge in [-0.3, -0.25) is 0 Å². The zero-order valence-electron chi connectivity index (χ0n) is 1.99. The van der Waals surface area contributed by atoms with E-state index < -0.39 is 0 Å². The average Bonchev–Trinajstić information content (AvgIpc) is 0.811. The van der Waals surface area contributed by atoms with E-state index in [2.05, 4.69) is 21.7 Å². The molecule has 0 unspecified atom stereocenters. The van der Waals surface area contributed by atoms with Crippen LogP contribution in [0.25, 0.3) is 0 Å². The molecule has 0 atom stereocenters. The molecule has 0 spiro atoms. The molecular weight excluding hydrogens is 121 g/mol. The molecule has 4 heavy (non-hydrogen) atoms. The van der Waals surface area contributed by atoms with Gasteiger partial charge in [-0.2, -0.15) is 0 Å². The third kappa shape index (κ3) is 17600. The van der Waals surface area contributed by atoms with Gasteiger partial charge in [0.1, 0.15) is 0 Å². The second kappa shape index (κ2) is 1.32. The van der Waals surface area contributed by atoms with Crippen molar-refractivity contribution in [3.63, 3.8) is 0 Å². The first-order chi connectivity index (χ1) is 1.73. The van der Waals surface area contributed by atoms with Gasteiger partial charge in [0.2, 0.25) is 0 Å². The number of nitrogens with one attached hydrogen (secondary N) is 1. The van der Waals surface area contributed by atoms with Crippen LogP contribution < -0.4 is 5.73 Å². The minimum atomic E-state index is 0.0417. The SMILES string of the molecule is N=[13C]([15NH2])[Se]. The molecule has 0 aromatic rings. The molecule has 0 rings (SSSR count). The Kier molecular flexibility index (Phi) is 1.32. The van der Waals surface area contributed by atoms with Gasteiger partial charge < -0.3 is 0 Å². The van der Waals surface area contributed by atoms with E-state index in [9.17, 15) is 0 Å². The van der Waals surface area contributed by atoms with Crippen molar-refractivity contribution in [3.8, 4) is 0 Å². The Labute approximate surface area is 32.7 Å². The van der Waals surface area contributed by atoms with E-state index in [0.717, 1.165) is 0 Å². The van der Waals surface area contributed by atoms with Crippen LogP contribution in [0.4, 0.5) is 0 Å². The molecule has 3 heteroatoms. The molecule has 0 aromatic heterocycles. The average molecular weight is 124 g/mol. The van der Waals surface area contributed by atoms with Gasteiger partial charge in [0.25, 0.3) is 0 Å². The molecule has 2 nitrogen and oxygen atoms in total. The normalized spacial score (nSPS) is 6.00. The first kappa shape index (κ1) is 3.99. The molecular formula is CH3N2Se. The van der Waals surface area contributed by atoms with Crippen LogP contribution in [0.3, 0.4) is 0 Å². The summed E-state index contributed by atoms with van der Waals surface area (Å²) in [6.45, 7) is 0. The van der Waals surface area contributed by atoms with Gasteiger partial charge in [-0.15, -0.1) is 0 Å². The molecule has 0 amide bonds. The van der Waals surface area contributed by atoms with E-state index in [0.29, 0.717) is 0 Å². The summed E-state index contributed by atoms with van der Waals surface area (Å²) in [5.74, 6) is 0. The Morgan fingerprint density at radius 2 is 2.00 bits per heavy atom. The molecule has 0 aliphatic heterocycles. The zero-order valence-corrected chi connectivity index (χ0v) is 3.70. The van der Waals surface area contributed by atoms with Crippen molar-refractivity contribution in [1.82, 2.24) is 0 Å². The number of hydrogen-bond acceptors (Lipinski definition) is 1. The summed E-state index contributed by atoms with van der Waals surface area (Å²) >= 11 is 2.26. The quantitative estimate of drug-likeness (QED) is 0.141. The van der Waals surface area contributed by atoms with Gasteiger partial charge in [0.05, 0.1) is 0 Å². The Balaban J connectivity index is 2.80. The molecule has 23 valence electrons. The van der Waals surface area contributed by atoms with Gasteiger partial charge in [-0.1, -0.05) is 0 Å². The summed E-state index contributed by atoms with van der Waals surface area (Å²) in [6, 6.07) is 0. The summed E-state index contributed by atoms with van der Waals surface area (Å²) in [6.07, 6.45) is 0. The van der Waals surface area contributed by atoms with Gasteiger partial charge in [0.15, 0.2) is 0 Å². The van der Waals surface area contributed by atoms with Crippen LogP contribution in [0, 0.1) is 5.41 Å². The maximum absolute atomic E-state index is 6.22. The second-order valence-electron chi connectivity index (χ2n) is 0.364. The van der Waals surface area contributed by atoms with Crippen LogP contribution in [0.15, 0.2) is 0 Å². The van der Waals surface area contributed by atoms with Gasteiger partial charge >= 0.3 is 31.9 Å². The monoisotopic (exact) mass is 125 g/mol. The Morgan fingerprint density at radius 1 is 2.00 bits per heavy atom. The van der Waals surface area contributed by atoms with Crippen molar-refractivity contribution in [1.29, 1.82) is 5.41 Å². The third-order valence-corrected chi connectivity index (χ3v) is 0. The van der Waals surface area contributed by atoms with Gasteiger partial charge in [-0.05, 0) is 0 Å². The van der Waals surface area contributed by atoms with Gasteiger partial charge in [0, 0.05) is 0 Å². The summed E-state index contributed by atoms with van der Waals surface area (Å²) in [5.41, 5.74) is 4.64. The first-order valence-electron chi connectivity index (χ1n) is 0.743. The van der Waals surface area contributed by atoms with Crippen LogP contribution in [-0.4, -0.2) is 20.7 Å². The third-order valence-electron chi connectivity index (χ3n) is 0. The van der Waals surface area contributed by atoms with Gasteiger partial charge in [-0.25, -0.2) is 0 Å². The van der Waals surface area contributed by atoms with E-state index in [1.807, 2.05) is 0 Å². The van der Waals surface area contributed by atoms with Crippen LogP contribution in [0.2, 0.25) is 0 Å². The van der Waals surface area contributed by atoms with Crippen molar-refractivity contribution in [2.45, 2.75) is 0 Å². The van der Waals surface area contributed by atoms with Crippen molar-refractivity contribution >= 4 is 20.7 Å². The molecule has 0 saturated heterocycles. The molecule has 0 aliphatic rings. The van der Waals surface area contributed by atoms with Crippen LogP contribution >= 0.6 is 0 Å². The van der Waals surface area contributed by atoms with E-state index in [1.54, 1.807) is 0 Å². The molecule has 0 aromatic carbocycles. The molecule has 0 aliphatic carbocycles. The van der Waals surface area contributed by atoms with E-state index >= 15 is 0 Å². The predicted octanol–water partition coefficient (Wildman–Crippen LogP) is -0.952.